The van der Waals surface area contributed by atoms with Crippen molar-refractivity contribution in [2.45, 2.75) is 36.8 Å². The molecule has 0 heterocycles. The number of alkyl halides is 1. The molecule has 1 rings (SSSR count). The molecule has 0 radical (unpaired) electrons. The van der Waals surface area contributed by atoms with Crippen molar-refractivity contribution in [3.63, 3.8) is 0 Å². The highest BCUT2D eigenvalue weighted by molar-refractivity contribution is 7.92. The molecule has 0 aliphatic heterocycles. The van der Waals surface area contributed by atoms with E-state index >= 15 is 0 Å². The lowest BCUT2D eigenvalue weighted by molar-refractivity contribution is 0.587. The van der Waals surface area contributed by atoms with Gasteiger partial charge >= 0.3 is 0 Å². The number of aryl methyl sites for hydroxylation is 1. The van der Waals surface area contributed by atoms with E-state index in [4.69, 9.17) is 11.6 Å². The van der Waals surface area contributed by atoms with Crippen LogP contribution in [-0.2, 0) is 16.3 Å². The van der Waals surface area contributed by atoms with Gasteiger partial charge in [-0.15, -0.1) is 11.6 Å². The van der Waals surface area contributed by atoms with E-state index in [9.17, 15) is 8.42 Å². The van der Waals surface area contributed by atoms with Crippen molar-refractivity contribution in [1.29, 1.82) is 0 Å². The Labute approximate surface area is 103 Å². The second kappa shape index (κ2) is 5.69. The normalized spacial score (nSPS) is 12.0. The minimum Gasteiger partial charge on any atom is -0.223 e. The molecule has 1 aromatic carbocycles. The number of hydrogen-bond acceptors (Lipinski definition) is 2. The zero-order chi connectivity index (χ0) is 12.2. The van der Waals surface area contributed by atoms with Crippen LogP contribution in [0.5, 0.6) is 0 Å². The van der Waals surface area contributed by atoms with E-state index < -0.39 is 9.84 Å². The molecule has 0 saturated carbocycles. The highest BCUT2D eigenvalue weighted by atomic mass is 35.5. The summed E-state index contributed by atoms with van der Waals surface area (Å²) in [6, 6.07) is 7.08. The molecule has 0 fully saturated rings. The molecule has 16 heavy (non-hydrogen) atoms. The van der Waals surface area contributed by atoms with Crippen LogP contribution in [0, 0.1) is 0 Å². The van der Waals surface area contributed by atoms with Gasteiger partial charge in [-0.25, -0.2) is 8.42 Å². The monoisotopic (exact) mass is 260 g/mol. The minimum atomic E-state index is -3.14. The Kier molecular flexibility index (Phi) is 4.81. The van der Waals surface area contributed by atoms with Gasteiger partial charge in [-0.3, -0.25) is 0 Å². The van der Waals surface area contributed by atoms with E-state index in [0.29, 0.717) is 10.8 Å². The van der Waals surface area contributed by atoms with Gasteiger partial charge in [0.15, 0.2) is 9.84 Å². The summed E-state index contributed by atoms with van der Waals surface area (Å²) < 4.78 is 23.7. The number of rotatable bonds is 5. The summed E-state index contributed by atoms with van der Waals surface area (Å²) in [5, 5.41) is -0.374. The molecule has 4 heteroatoms. The Hall–Kier alpha value is -0.540. The Morgan fingerprint density at radius 3 is 2.19 bits per heavy atom. The van der Waals surface area contributed by atoms with Gasteiger partial charge in [-0.2, -0.15) is 0 Å². The zero-order valence-electron chi connectivity index (χ0n) is 9.61. The zero-order valence-corrected chi connectivity index (χ0v) is 11.2. The largest absolute Gasteiger partial charge is 0.223 e. The van der Waals surface area contributed by atoms with Crippen molar-refractivity contribution in [2.24, 2.45) is 0 Å². The Morgan fingerprint density at radius 2 is 1.75 bits per heavy atom. The molecule has 0 saturated heterocycles. The van der Waals surface area contributed by atoms with Gasteiger partial charge in [0, 0.05) is 5.88 Å². The molecule has 0 spiro atoms. The van der Waals surface area contributed by atoms with Gasteiger partial charge in [-0.1, -0.05) is 12.1 Å². The molecule has 1 aromatic rings. The summed E-state index contributed by atoms with van der Waals surface area (Å²) >= 11 is 5.60. The fraction of sp³-hybridized carbons (Fsp3) is 0.500. The third-order valence-corrected chi connectivity index (χ3v) is 4.91. The maximum Gasteiger partial charge on any atom is 0.180 e. The Bertz CT molecular complexity index is 421. The molecule has 90 valence electrons. The molecule has 2 nitrogen and oxygen atoms in total. The first-order valence-electron chi connectivity index (χ1n) is 5.37. The summed E-state index contributed by atoms with van der Waals surface area (Å²) in [7, 11) is -3.14. The van der Waals surface area contributed by atoms with Gasteiger partial charge in [0.2, 0.25) is 0 Å². The summed E-state index contributed by atoms with van der Waals surface area (Å²) in [6.45, 7) is 3.38. The van der Waals surface area contributed by atoms with Crippen molar-refractivity contribution < 1.29 is 8.42 Å². The fourth-order valence-corrected chi connectivity index (χ4v) is 2.58. The molecular formula is C12H17ClO2S. The summed E-state index contributed by atoms with van der Waals surface area (Å²) in [6.07, 6.45) is 1.81. The van der Waals surface area contributed by atoms with Gasteiger partial charge in [0.1, 0.15) is 0 Å². The lowest BCUT2D eigenvalue weighted by Crippen LogP contribution is -2.13. The van der Waals surface area contributed by atoms with Crippen LogP contribution in [0.3, 0.4) is 0 Å². The molecule has 0 atom stereocenters. The van der Waals surface area contributed by atoms with Gasteiger partial charge < -0.3 is 0 Å². The molecule has 0 bridgehead atoms. The van der Waals surface area contributed by atoms with Crippen LogP contribution in [-0.4, -0.2) is 19.5 Å². The molecule has 0 aromatic heterocycles. The summed E-state index contributed by atoms with van der Waals surface area (Å²) in [5.41, 5.74) is 1.13. The van der Waals surface area contributed by atoms with E-state index in [1.54, 1.807) is 26.0 Å². The second-order valence-electron chi connectivity index (χ2n) is 4.03. The molecule has 0 amide bonds. The van der Waals surface area contributed by atoms with Crippen LogP contribution < -0.4 is 0 Å². The summed E-state index contributed by atoms with van der Waals surface area (Å²) in [4.78, 5) is 0.400. The molecule has 0 unspecified atom stereocenters. The van der Waals surface area contributed by atoms with Crippen LogP contribution in [0.15, 0.2) is 29.2 Å². The first kappa shape index (κ1) is 13.5. The lowest BCUT2D eigenvalue weighted by Gasteiger charge is -2.08. The second-order valence-corrected chi connectivity index (χ2v) is 6.91. The van der Waals surface area contributed by atoms with Crippen molar-refractivity contribution in [1.82, 2.24) is 0 Å². The number of hydrogen-bond donors (Lipinski definition) is 0. The van der Waals surface area contributed by atoms with Crippen LogP contribution >= 0.6 is 11.6 Å². The third-order valence-electron chi connectivity index (χ3n) is 2.47. The Morgan fingerprint density at radius 1 is 1.19 bits per heavy atom. The highest BCUT2D eigenvalue weighted by Gasteiger charge is 2.18. The van der Waals surface area contributed by atoms with E-state index in [1.807, 2.05) is 12.1 Å². The first-order valence-corrected chi connectivity index (χ1v) is 7.45. The maximum atomic E-state index is 11.8. The van der Waals surface area contributed by atoms with Crippen molar-refractivity contribution >= 4 is 21.4 Å². The van der Waals surface area contributed by atoms with E-state index in [0.717, 1.165) is 18.4 Å². The molecule has 0 aliphatic carbocycles. The average Bonchev–Trinajstić information content (AvgIpc) is 2.26. The SMILES string of the molecule is CC(C)S(=O)(=O)c1ccc(CCCCl)cc1. The smallest absolute Gasteiger partial charge is 0.180 e. The third kappa shape index (κ3) is 3.22. The molecule has 0 N–H and O–H groups in total. The molecular weight excluding hydrogens is 244 g/mol. The predicted octanol–water partition coefficient (Wildman–Crippen LogP) is 3.04. The predicted molar refractivity (Wildman–Crippen MR) is 67.8 cm³/mol. The maximum absolute atomic E-state index is 11.8. The quantitative estimate of drug-likeness (QED) is 0.763. The number of sulfone groups is 1. The standard InChI is InChI=1S/C12H17ClO2S/c1-10(2)16(14,15)12-7-5-11(6-8-12)4-3-9-13/h5-8,10H,3-4,9H2,1-2H3. The average molecular weight is 261 g/mol. The number of halogens is 1. The van der Waals surface area contributed by atoms with Crippen molar-refractivity contribution in [3.05, 3.63) is 29.8 Å². The highest BCUT2D eigenvalue weighted by Crippen LogP contribution is 2.17. The molecule has 0 aliphatic rings. The van der Waals surface area contributed by atoms with Gasteiger partial charge in [0.25, 0.3) is 0 Å². The minimum absolute atomic E-state index is 0.374. The Balaban J connectivity index is 2.87. The fourth-order valence-electron chi connectivity index (χ4n) is 1.39. The van der Waals surface area contributed by atoms with Crippen molar-refractivity contribution in [2.75, 3.05) is 5.88 Å². The van der Waals surface area contributed by atoms with E-state index in [1.165, 1.54) is 0 Å². The van der Waals surface area contributed by atoms with E-state index in [-0.39, 0.29) is 5.25 Å². The summed E-state index contributed by atoms with van der Waals surface area (Å²) in [5.74, 6) is 0.631. The van der Waals surface area contributed by atoms with Gasteiger partial charge in [-0.05, 0) is 44.4 Å². The van der Waals surface area contributed by atoms with Crippen molar-refractivity contribution in [3.8, 4) is 0 Å². The van der Waals surface area contributed by atoms with Crippen LogP contribution in [0.1, 0.15) is 25.8 Å². The van der Waals surface area contributed by atoms with Crippen LogP contribution in [0.25, 0.3) is 0 Å². The van der Waals surface area contributed by atoms with Crippen LogP contribution in [0.4, 0.5) is 0 Å². The topological polar surface area (TPSA) is 34.1 Å². The first-order chi connectivity index (χ1) is 7.48. The van der Waals surface area contributed by atoms with Crippen LogP contribution in [0.2, 0.25) is 0 Å². The van der Waals surface area contributed by atoms with E-state index in [2.05, 4.69) is 0 Å². The lowest BCUT2D eigenvalue weighted by atomic mass is 10.1. The number of benzene rings is 1. The van der Waals surface area contributed by atoms with Gasteiger partial charge in [0.05, 0.1) is 10.1 Å².